The Bertz CT molecular complexity index is 599. The van der Waals surface area contributed by atoms with Gasteiger partial charge in [-0.25, -0.2) is 9.59 Å². The molecule has 1 saturated heterocycles. The van der Waals surface area contributed by atoms with E-state index in [-0.39, 0.29) is 0 Å². The number of nitrogens with one attached hydrogen (secondary N) is 1. The van der Waals surface area contributed by atoms with Gasteiger partial charge in [0.25, 0.3) is 0 Å². The molecule has 0 radical (unpaired) electrons. The van der Waals surface area contributed by atoms with Gasteiger partial charge in [0.05, 0.1) is 0 Å². The third-order valence-corrected chi connectivity index (χ3v) is 4.37. The number of likely N-dealkylation sites (tertiary alicyclic amines) is 1. The van der Waals surface area contributed by atoms with Gasteiger partial charge in [-0.2, -0.15) is 0 Å². The molecule has 1 aromatic carbocycles. The summed E-state index contributed by atoms with van der Waals surface area (Å²) in [5.74, 6) is -0.606. The number of amides is 1. The van der Waals surface area contributed by atoms with Crippen molar-refractivity contribution >= 4 is 12.1 Å². The van der Waals surface area contributed by atoms with Gasteiger partial charge in [-0.05, 0) is 70.8 Å². The maximum Gasteiger partial charge on any atom is 0.408 e. The zero-order valence-electron chi connectivity index (χ0n) is 15.4. The van der Waals surface area contributed by atoms with Crippen molar-refractivity contribution in [2.75, 3.05) is 20.1 Å². The Kier molecular flexibility index (Phi) is 6.06. The van der Waals surface area contributed by atoms with E-state index in [2.05, 4.69) is 17.3 Å². The maximum atomic E-state index is 11.9. The van der Waals surface area contributed by atoms with Crippen molar-refractivity contribution in [1.82, 2.24) is 10.2 Å². The van der Waals surface area contributed by atoms with Gasteiger partial charge in [0.15, 0.2) is 6.04 Å². The predicted octanol–water partition coefficient (Wildman–Crippen LogP) is 3.15. The Morgan fingerprint density at radius 3 is 2.24 bits per heavy atom. The van der Waals surface area contributed by atoms with Crippen molar-refractivity contribution < 1.29 is 19.4 Å². The summed E-state index contributed by atoms with van der Waals surface area (Å²) in [5, 5.41) is 11.9. The molecule has 25 heavy (non-hydrogen) atoms. The molecular weight excluding hydrogens is 320 g/mol. The van der Waals surface area contributed by atoms with E-state index in [1.807, 2.05) is 12.1 Å². The molecule has 1 heterocycles. The van der Waals surface area contributed by atoms with E-state index in [9.17, 15) is 14.7 Å². The number of carboxylic acid groups (broad SMARTS) is 1. The minimum absolute atomic E-state index is 0.507. The number of hydrogen-bond acceptors (Lipinski definition) is 4. The van der Waals surface area contributed by atoms with E-state index in [1.54, 1.807) is 32.9 Å². The van der Waals surface area contributed by atoms with Crippen molar-refractivity contribution in [3.63, 3.8) is 0 Å². The summed E-state index contributed by atoms with van der Waals surface area (Å²) in [6, 6.07) is 6.38. The monoisotopic (exact) mass is 348 g/mol. The van der Waals surface area contributed by atoms with Gasteiger partial charge in [0, 0.05) is 0 Å². The van der Waals surface area contributed by atoms with Crippen LogP contribution in [-0.2, 0) is 9.53 Å². The highest BCUT2D eigenvalue weighted by molar-refractivity contribution is 5.81. The molecule has 1 aliphatic rings. The normalized spacial score (nSPS) is 17.8. The first kappa shape index (κ1) is 19.2. The highest BCUT2D eigenvalue weighted by Crippen LogP contribution is 2.28. The van der Waals surface area contributed by atoms with E-state index in [0.29, 0.717) is 11.5 Å². The molecule has 6 heteroatoms. The molecule has 0 bridgehead atoms. The molecule has 0 aliphatic carbocycles. The highest BCUT2D eigenvalue weighted by Gasteiger charge is 2.26. The van der Waals surface area contributed by atoms with Crippen LogP contribution in [0.3, 0.4) is 0 Å². The van der Waals surface area contributed by atoms with Gasteiger partial charge in [0.1, 0.15) is 5.60 Å². The smallest absolute Gasteiger partial charge is 0.408 e. The largest absolute Gasteiger partial charge is 0.479 e. The predicted molar refractivity (Wildman–Crippen MR) is 95.7 cm³/mol. The Balaban J connectivity index is 2.06. The van der Waals surface area contributed by atoms with Gasteiger partial charge in [-0.3, -0.25) is 0 Å². The lowest BCUT2D eigenvalue weighted by Crippen LogP contribution is -2.38. The lowest BCUT2D eigenvalue weighted by atomic mass is 9.88. The Morgan fingerprint density at radius 1 is 1.20 bits per heavy atom. The van der Waals surface area contributed by atoms with Crippen molar-refractivity contribution in [3.05, 3.63) is 35.4 Å². The molecule has 1 fully saturated rings. The molecule has 6 nitrogen and oxygen atoms in total. The van der Waals surface area contributed by atoms with Crippen LogP contribution in [0.4, 0.5) is 4.79 Å². The van der Waals surface area contributed by atoms with Crippen LogP contribution in [0.2, 0.25) is 0 Å². The van der Waals surface area contributed by atoms with Crippen LogP contribution in [0.15, 0.2) is 24.3 Å². The highest BCUT2D eigenvalue weighted by atomic mass is 16.6. The van der Waals surface area contributed by atoms with Crippen LogP contribution in [0, 0.1) is 0 Å². The fourth-order valence-electron chi connectivity index (χ4n) is 3.02. The topological polar surface area (TPSA) is 78.9 Å². The molecule has 1 aromatic rings. The van der Waals surface area contributed by atoms with Gasteiger partial charge in [-0.1, -0.05) is 24.3 Å². The first-order chi connectivity index (χ1) is 11.7. The Hall–Kier alpha value is -2.08. The van der Waals surface area contributed by atoms with Crippen molar-refractivity contribution in [2.45, 2.75) is 51.2 Å². The number of carbonyl (C=O) groups is 2. The van der Waals surface area contributed by atoms with E-state index >= 15 is 0 Å². The number of carboxylic acids is 1. The molecule has 1 unspecified atom stereocenters. The standard InChI is InChI=1S/C19H28N2O4/c1-19(2,3)25-18(24)20-16(17(22)23)15-7-5-13(6-8-15)14-9-11-21(4)12-10-14/h5-8,14,16H,9-12H2,1-4H3,(H,20,24)(H,22,23). The maximum absolute atomic E-state index is 11.9. The molecular formula is C19H28N2O4. The van der Waals surface area contributed by atoms with Crippen molar-refractivity contribution in [1.29, 1.82) is 0 Å². The molecule has 1 atom stereocenters. The molecule has 1 amide bonds. The fourth-order valence-corrected chi connectivity index (χ4v) is 3.02. The third-order valence-electron chi connectivity index (χ3n) is 4.37. The summed E-state index contributed by atoms with van der Waals surface area (Å²) in [6.45, 7) is 7.35. The van der Waals surface area contributed by atoms with Crippen LogP contribution in [0.25, 0.3) is 0 Å². The zero-order valence-corrected chi connectivity index (χ0v) is 15.4. The number of ether oxygens (including phenoxy) is 1. The lowest BCUT2D eigenvalue weighted by molar-refractivity contribution is -0.139. The summed E-state index contributed by atoms with van der Waals surface area (Å²) >= 11 is 0. The first-order valence-corrected chi connectivity index (χ1v) is 8.66. The molecule has 2 N–H and O–H groups in total. The Morgan fingerprint density at radius 2 is 1.76 bits per heavy atom. The average molecular weight is 348 g/mol. The second-order valence-corrected chi connectivity index (χ2v) is 7.66. The number of benzene rings is 1. The van der Waals surface area contributed by atoms with Gasteiger partial charge in [0.2, 0.25) is 0 Å². The minimum Gasteiger partial charge on any atom is -0.479 e. The molecule has 0 saturated carbocycles. The van der Waals surface area contributed by atoms with Crippen LogP contribution in [-0.4, -0.2) is 47.8 Å². The summed E-state index contributed by atoms with van der Waals surface area (Å²) < 4.78 is 5.15. The fraction of sp³-hybridized carbons (Fsp3) is 0.579. The van der Waals surface area contributed by atoms with E-state index in [4.69, 9.17) is 4.74 Å². The third kappa shape index (κ3) is 5.74. The molecule has 0 aromatic heterocycles. The number of nitrogens with zero attached hydrogens (tertiary/aromatic N) is 1. The molecule has 0 spiro atoms. The van der Waals surface area contributed by atoms with Crippen LogP contribution < -0.4 is 5.32 Å². The van der Waals surface area contributed by atoms with E-state index in [0.717, 1.165) is 25.9 Å². The summed E-state index contributed by atoms with van der Waals surface area (Å²) in [6.07, 6.45) is 1.47. The van der Waals surface area contributed by atoms with Crippen LogP contribution in [0.5, 0.6) is 0 Å². The van der Waals surface area contributed by atoms with E-state index < -0.39 is 23.7 Å². The second kappa shape index (κ2) is 7.87. The summed E-state index contributed by atoms with van der Waals surface area (Å²) in [7, 11) is 2.12. The number of rotatable bonds is 4. The average Bonchev–Trinajstić information content (AvgIpc) is 2.52. The minimum atomic E-state index is -1.12. The first-order valence-electron chi connectivity index (χ1n) is 8.66. The van der Waals surface area contributed by atoms with Gasteiger partial charge >= 0.3 is 12.1 Å². The lowest BCUT2D eigenvalue weighted by Gasteiger charge is -2.29. The number of hydrogen-bond donors (Lipinski definition) is 2. The van der Waals surface area contributed by atoms with Crippen LogP contribution >= 0.6 is 0 Å². The summed E-state index contributed by atoms with van der Waals surface area (Å²) in [4.78, 5) is 25.8. The van der Waals surface area contributed by atoms with Crippen molar-refractivity contribution in [3.8, 4) is 0 Å². The van der Waals surface area contributed by atoms with Crippen molar-refractivity contribution in [2.24, 2.45) is 0 Å². The van der Waals surface area contributed by atoms with Gasteiger partial charge < -0.3 is 20.1 Å². The van der Waals surface area contributed by atoms with Gasteiger partial charge in [-0.15, -0.1) is 0 Å². The molecule has 2 rings (SSSR count). The quantitative estimate of drug-likeness (QED) is 0.874. The zero-order chi connectivity index (χ0) is 18.6. The molecule has 138 valence electrons. The SMILES string of the molecule is CN1CCC(c2ccc(C(NC(=O)OC(C)(C)C)C(=O)O)cc2)CC1. The van der Waals surface area contributed by atoms with Crippen LogP contribution in [0.1, 0.15) is 56.7 Å². The molecule has 1 aliphatic heterocycles. The number of alkyl carbamates (subject to hydrolysis) is 1. The Labute approximate surface area is 149 Å². The van der Waals surface area contributed by atoms with E-state index in [1.165, 1.54) is 5.56 Å². The number of piperidine rings is 1. The summed E-state index contributed by atoms with van der Waals surface area (Å²) in [5.41, 5.74) is 1.08. The number of carbonyl (C=O) groups excluding carboxylic acids is 1. The number of aliphatic carboxylic acids is 1. The second-order valence-electron chi connectivity index (χ2n) is 7.66.